The van der Waals surface area contributed by atoms with Crippen molar-refractivity contribution in [3.63, 3.8) is 0 Å². The van der Waals surface area contributed by atoms with Crippen molar-refractivity contribution in [1.82, 2.24) is 9.97 Å². The number of anilines is 3. The number of hydrogen-bond donors (Lipinski definition) is 2. The van der Waals surface area contributed by atoms with Crippen molar-refractivity contribution < 1.29 is 9.13 Å². The van der Waals surface area contributed by atoms with Crippen LogP contribution in [-0.2, 0) is 0 Å². The Bertz CT molecular complexity index is 619. The Balaban J connectivity index is 2.28. The Labute approximate surface area is 123 Å². The van der Waals surface area contributed by atoms with E-state index in [0.717, 1.165) is 18.7 Å². The van der Waals surface area contributed by atoms with Gasteiger partial charge < -0.3 is 15.4 Å². The third-order valence-electron chi connectivity index (χ3n) is 2.97. The molecule has 0 bridgehead atoms. The van der Waals surface area contributed by atoms with Crippen molar-refractivity contribution in [2.75, 3.05) is 24.3 Å². The van der Waals surface area contributed by atoms with E-state index in [1.165, 1.54) is 12.4 Å². The molecular formula is C15H19FN4O. The van der Waals surface area contributed by atoms with Crippen LogP contribution in [0.2, 0.25) is 0 Å². The SMILES string of the molecule is CCCNc1ncnc(Nc2ccc(F)c(C)c2)c1OC. The highest BCUT2D eigenvalue weighted by Gasteiger charge is 2.12. The molecule has 112 valence electrons. The van der Waals surface area contributed by atoms with Gasteiger partial charge in [-0.15, -0.1) is 0 Å². The van der Waals surface area contributed by atoms with Gasteiger partial charge in [-0.3, -0.25) is 0 Å². The molecule has 0 aliphatic carbocycles. The van der Waals surface area contributed by atoms with E-state index in [1.807, 2.05) is 0 Å². The molecule has 2 aromatic rings. The number of methoxy groups -OCH3 is 1. The molecule has 2 N–H and O–H groups in total. The molecule has 6 heteroatoms. The number of benzene rings is 1. The molecule has 5 nitrogen and oxygen atoms in total. The molecule has 0 aliphatic heterocycles. The minimum absolute atomic E-state index is 0.236. The van der Waals surface area contributed by atoms with Gasteiger partial charge in [-0.05, 0) is 37.1 Å². The van der Waals surface area contributed by atoms with Crippen LogP contribution in [0.3, 0.4) is 0 Å². The van der Waals surface area contributed by atoms with E-state index in [9.17, 15) is 4.39 Å². The van der Waals surface area contributed by atoms with Gasteiger partial charge in [-0.1, -0.05) is 6.92 Å². The summed E-state index contributed by atoms with van der Waals surface area (Å²) in [5.41, 5.74) is 1.31. The van der Waals surface area contributed by atoms with Crippen LogP contribution in [0.1, 0.15) is 18.9 Å². The van der Waals surface area contributed by atoms with Crippen LogP contribution in [0.25, 0.3) is 0 Å². The van der Waals surface area contributed by atoms with Gasteiger partial charge in [-0.25, -0.2) is 14.4 Å². The first-order valence-corrected chi connectivity index (χ1v) is 6.81. The standard InChI is InChI=1S/C15H19FN4O/c1-4-7-17-14-13(21-3)15(19-9-18-14)20-11-5-6-12(16)10(2)8-11/h5-6,8-9H,4,7H2,1-3H3,(H2,17,18,19,20). The number of aryl methyl sites for hydroxylation is 1. The molecule has 0 saturated heterocycles. The Kier molecular flexibility index (Phi) is 4.92. The first kappa shape index (κ1) is 15.0. The quantitative estimate of drug-likeness (QED) is 0.852. The summed E-state index contributed by atoms with van der Waals surface area (Å²) in [7, 11) is 1.57. The fourth-order valence-corrected chi connectivity index (χ4v) is 1.88. The van der Waals surface area contributed by atoms with Crippen molar-refractivity contribution in [1.29, 1.82) is 0 Å². The summed E-state index contributed by atoms with van der Waals surface area (Å²) in [6, 6.07) is 4.79. The molecule has 21 heavy (non-hydrogen) atoms. The Hall–Kier alpha value is -2.37. The zero-order valence-electron chi connectivity index (χ0n) is 12.4. The first-order chi connectivity index (χ1) is 10.2. The lowest BCUT2D eigenvalue weighted by Crippen LogP contribution is -2.07. The number of rotatable bonds is 6. The van der Waals surface area contributed by atoms with Crippen LogP contribution in [0.15, 0.2) is 24.5 Å². The largest absolute Gasteiger partial charge is 0.490 e. The maximum Gasteiger partial charge on any atom is 0.204 e. The van der Waals surface area contributed by atoms with E-state index in [4.69, 9.17) is 4.74 Å². The number of nitrogens with zero attached hydrogens (tertiary/aromatic N) is 2. The second-order valence-electron chi connectivity index (χ2n) is 4.62. The van der Waals surface area contributed by atoms with Crippen molar-refractivity contribution >= 4 is 17.3 Å². The van der Waals surface area contributed by atoms with E-state index in [-0.39, 0.29) is 5.82 Å². The monoisotopic (exact) mass is 290 g/mol. The normalized spacial score (nSPS) is 10.3. The van der Waals surface area contributed by atoms with E-state index in [1.54, 1.807) is 26.2 Å². The van der Waals surface area contributed by atoms with Gasteiger partial charge in [0.1, 0.15) is 12.1 Å². The molecule has 1 heterocycles. The molecule has 0 unspecified atom stereocenters. The summed E-state index contributed by atoms with van der Waals surface area (Å²) in [5.74, 6) is 1.47. The summed E-state index contributed by atoms with van der Waals surface area (Å²) < 4.78 is 18.7. The zero-order chi connectivity index (χ0) is 15.2. The maximum atomic E-state index is 13.3. The van der Waals surface area contributed by atoms with Crippen molar-refractivity contribution in [2.45, 2.75) is 20.3 Å². The minimum Gasteiger partial charge on any atom is -0.490 e. The first-order valence-electron chi connectivity index (χ1n) is 6.81. The molecule has 0 aliphatic rings. The third kappa shape index (κ3) is 3.59. The van der Waals surface area contributed by atoms with Crippen LogP contribution in [-0.4, -0.2) is 23.6 Å². The average Bonchev–Trinajstić information content (AvgIpc) is 2.49. The van der Waals surface area contributed by atoms with Crippen LogP contribution < -0.4 is 15.4 Å². The summed E-state index contributed by atoms with van der Waals surface area (Å²) in [6.07, 6.45) is 2.44. The Morgan fingerprint density at radius 3 is 2.67 bits per heavy atom. The predicted octanol–water partition coefficient (Wildman–Crippen LogP) is 3.50. The number of aromatic nitrogens is 2. The van der Waals surface area contributed by atoms with Crippen molar-refractivity contribution in [3.8, 4) is 5.75 Å². The topological polar surface area (TPSA) is 59.1 Å². The lowest BCUT2D eigenvalue weighted by Gasteiger charge is -2.14. The molecule has 0 atom stereocenters. The average molecular weight is 290 g/mol. The molecule has 1 aromatic carbocycles. The van der Waals surface area contributed by atoms with E-state index < -0.39 is 0 Å². The van der Waals surface area contributed by atoms with Gasteiger partial charge in [0.15, 0.2) is 11.6 Å². The number of hydrogen-bond acceptors (Lipinski definition) is 5. The summed E-state index contributed by atoms with van der Waals surface area (Å²) >= 11 is 0. The summed E-state index contributed by atoms with van der Waals surface area (Å²) in [4.78, 5) is 8.36. The number of ether oxygens (including phenoxy) is 1. The molecule has 2 rings (SSSR count). The van der Waals surface area contributed by atoms with Crippen LogP contribution in [0, 0.1) is 12.7 Å². The van der Waals surface area contributed by atoms with Crippen molar-refractivity contribution in [2.24, 2.45) is 0 Å². The number of nitrogens with one attached hydrogen (secondary N) is 2. The lowest BCUT2D eigenvalue weighted by molar-refractivity contribution is 0.415. The molecule has 0 spiro atoms. The highest BCUT2D eigenvalue weighted by Crippen LogP contribution is 2.31. The predicted molar refractivity (Wildman–Crippen MR) is 81.8 cm³/mol. The number of halogens is 1. The van der Waals surface area contributed by atoms with Crippen molar-refractivity contribution in [3.05, 3.63) is 35.9 Å². The fraction of sp³-hybridized carbons (Fsp3) is 0.333. The molecular weight excluding hydrogens is 271 g/mol. The smallest absolute Gasteiger partial charge is 0.204 e. The second kappa shape index (κ2) is 6.88. The molecule has 1 aromatic heterocycles. The molecule has 0 fully saturated rings. The van der Waals surface area contributed by atoms with E-state index >= 15 is 0 Å². The fourth-order valence-electron chi connectivity index (χ4n) is 1.88. The second-order valence-corrected chi connectivity index (χ2v) is 4.62. The Morgan fingerprint density at radius 2 is 2.00 bits per heavy atom. The van der Waals surface area contributed by atoms with Crippen LogP contribution >= 0.6 is 0 Å². The highest BCUT2D eigenvalue weighted by atomic mass is 19.1. The zero-order valence-corrected chi connectivity index (χ0v) is 12.4. The van der Waals surface area contributed by atoms with Crippen LogP contribution in [0.4, 0.5) is 21.7 Å². The highest BCUT2D eigenvalue weighted by molar-refractivity contribution is 5.69. The molecule has 0 saturated carbocycles. The minimum atomic E-state index is -0.236. The van der Waals surface area contributed by atoms with Crippen LogP contribution in [0.5, 0.6) is 5.75 Å². The lowest BCUT2D eigenvalue weighted by atomic mass is 10.2. The van der Waals surface area contributed by atoms with Gasteiger partial charge in [0.05, 0.1) is 7.11 Å². The van der Waals surface area contributed by atoms with Gasteiger partial charge in [0, 0.05) is 12.2 Å². The summed E-state index contributed by atoms with van der Waals surface area (Å²) in [6.45, 7) is 4.58. The summed E-state index contributed by atoms with van der Waals surface area (Å²) in [5, 5.41) is 6.31. The van der Waals surface area contributed by atoms with E-state index in [0.29, 0.717) is 22.9 Å². The van der Waals surface area contributed by atoms with E-state index in [2.05, 4.69) is 27.5 Å². The molecule has 0 amide bonds. The maximum absolute atomic E-state index is 13.3. The van der Waals surface area contributed by atoms with Gasteiger partial charge in [0.2, 0.25) is 5.75 Å². The third-order valence-corrected chi connectivity index (χ3v) is 2.97. The van der Waals surface area contributed by atoms with Gasteiger partial charge in [0.25, 0.3) is 0 Å². The Morgan fingerprint density at radius 1 is 1.24 bits per heavy atom. The van der Waals surface area contributed by atoms with Gasteiger partial charge in [-0.2, -0.15) is 0 Å². The van der Waals surface area contributed by atoms with Gasteiger partial charge >= 0.3 is 0 Å². The molecule has 0 radical (unpaired) electrons.